The van der Waals surface area contributed by atoms with Gasteiger partial charge >= 0.3 is 5.97 Å². The minimum Gasteiger partial charge on any atom is -0.480 e. The van der Waals surface area contributed by atoms with E-state index in [0.29, 0.717) is 23.6 Å². The third-order valence-electron chi connectivity index (χ3n) is 3.64. The number of aliphatic carboxylic acids is 1. The summed E-state index contributed by atoms with van der Waals surface area (Å²) in [6, 6.07) is 6.51. The van der Waals surface area contributed by atoms with Crippen molar-refractivity contribution in [2.45, 2.75) is 38.8 Å². The third-order valence-corrected chi connectivity index (χ3v) is 4.00. The molecule has 2 N–H and O–H groups in total. The Hall–Kier alpha value is -2.34. The molecule has 1 aromatic carbocycles. The maximum Gasteiger partial charge on any atom is 0.326 e. The van der Waals surface area contributed by atoms with E-state index in [1.54, 1.807) is 16.9 Å². The number of aromatic nitrogens is 2. The van der Waals surface area contributed by atoms with Gasteiger partial charge in [0.25, 0.3) is 5.91 Å². The zero-order valence-electron chi connectivity index (χ0n) is 13.4. The molecule has 0 fully saturated rings. The number of carbonyl (C=O) groups is 2. The topological polar surface area (TPSA) is 84.2 Å². The lowest BCUT2D eigenvalue weighted by Gasteiger charge is -2.13. The number of amides is 1. The predicted molar refractivity (Wildman–Crippen MR) is 91.2 cm³/mol. The molecule has 128 valence electrons. The second-order valence-corrected chi connectivity index (χ2v) is 5.93. The zero-order valence-corrected chi connectivity index (χ0v) is 14.2. The standard InChI is InChI=1S/C17H20ClN3O3/c1-2-3-8-15(17(23)24)20-16(22)13-9-19-21(11-13)10-12-6-4-5-7-14(12)18/h4-7,9,11,15H,2-3,8,10H2,1H3,(H,20,22)(H,23,24)/t15-/m0/s1. The van der Waals surface area contributed by atoms with Crippen LogP contribution >= 0.6 is 11.6 Å². The van der Waals surface area contributed by atoms with E-state index in [9.17, 15) is 14.7 Å². The Kier molecular flexibility index (Phi) is 6.37. The SMILES string of the molecule is CCCC[C@H](NC(=O)c1cnn(Cc2ccccc2Cl)c1)C(=O)O. The molecule has 1 heterocycles. The highest BCUT2D eigenvalue weighted by molar-refractivity contribution is 6.31. The largest absolute Gasteiger partial charge is 0.480 e. The van der Waals surface area contributed by atoms with Crippen LogP contribution in [0, 0.1) is 0 Å². The first-order valence-corrected chi connectivity index (χ1v) is 8.18. The molecule has 0 bridgehead atoms. The van der Waals surface area contributed by atoms with Gasteiger partial charge in [0.1, 0.15) is 6.04 Å². The smallest absolute Gasteiger partial charge is 0.326 e. The summed E-state index contributed by atoms with van der Waals surface area (Å²) in [5, 5.41) is 16.5. The zero-order chi connectivity index (χ0) is 17.5. The van der Waals surface area contributed by atoms with Crippen molar-refractivity contribution in [2.75, 3.05) is 0 Å². The molecule has 2 rings (SSSR count). The van der Waals surface area contributed by atoms with Crippen molar-refractivity contribution >= 4 is 23.5 Å². The molecular formula is C17H20ClN3O3. The number of carbonyl (C=O) groups excluding carboxylic acids is 1. The van der Waals surface area contributed by atoms with Crippen LogP contribution in [0.4, 0.5) is 0 Å². The van der Waals surface area contributed by atoms with Crippen molar-refractivity contribution in [1.29, 1.82) is 0 Å². The van der Waals surface area contributed by atoms with Gasteiger partial charge in [-0.05, 0) is 18.1 Å². The highest BCUT2D eigenvalue weighted by Gasteiger charge is 2.20. The summed E-state index contributed by atoms with van der Waals surface area (Å²) >= 11 is 6.11. The van der Waals surface area contributed by atoms with E-state index in [-0.39, 0.29) is 0 Å². The van der Waals surface area contributed by atoms with E-state index in [2.05, 4.69) is 10.4 Å². The third kappa shape index (κ3) is 4.83. The first kappa shape index (κ1) is 18.0. The van der Waals surface area contributed by atoms with E-state index in [1.165, 1.54) is 6.20 Å². The Morgan fingerprint density at radius 1 is 1.38 bits per heavy atom. The molecule has 0 spiro atoms. The molecule has 0 saturated carbocycles. The maximum atomic E-state index is 12.2. The Labute approximate surface area is 145 Å². The number of hydrogen-bond donors (Lipinski definition) is 2. The van der Waals surface area contributed by atoms with Gasteiger partial charge in [-0.15, -0.1) is 0 Å². The summed E-state index contributed by atoms with van der Waals surface area (Å²) in [5.41, 5.74) is 1.21. The fourth-order valence-electron chi connectivity index (χ4n) is 2.28. The Balaban J connectivity index is 2.02. The van der Waals surface area contributed by atoms with Gasteiger partial charge in [-0.25, -0.2) is 4.79 Å². The van der Waals surface area contributed by atoms with Gasteiger partial charge in [0.15, 0.2) is 0 Å². The normalized spacial score (nSPS) is 11.9. The molecule has 0 unspecified atom stereocenters. The van der Waals surface area contributed by atoms with Crippen molar-refractivity contribution in [3.05, 3.63) is 52.8 Å². The quantitative estimate of drug-likeness (QED) is 0.767. The molecule has 0 saturated heterocycles. The molecule has 6 nitrogen and oxygen atoms in total. The van der Waals surface area contributed by atoms with Crippen LogP contribution < -0.4 is 5.32 Å². The minimum absolute atomic E-state index is 0.324. The number of rotatable bonds is 8. The molecule has 2 aromatic rings. The molecule has 0 aliphatic heterocycles. The Morgan fingerprint density at radius 2 is 2.12 bits per heavy atom. The van der Waals surface area contributed by atoms with Gasteiger partial charge in [-0.3, -0.25) is 9.48 Å². The second kappa shape index (κ2) is 8.49. The number of unbranched alkanes of at least 4 members (excludes halogenated alkanes) is 1. The number of nitrogens with zero attached hydrogens (tertiary/aromatic N) is 2. The number of carboxylic acids is 1. The van der Waals surface area contributed by atoms with E-state index >= 15 is 0 Å². The summed E-state index contributed by atoms with van der Waals surface area (Å²) in [6.45, 7) is 2.41. The van der Waals surface area contributed by atoms with Gasteiger partial charge in [0.2, 0.25) is 0 Å². The number of hydrogen-bond acceptors (Lipinski definition) is 3. The summed E-state index contributed by atoms with van der Waals surface area (Å²) in [6.07, 6.45) is 5.02. The van der Waals surface area contributed by atoms with E-state index in [1.807, 2.05) is 25.1 Å². The van der Waals surface area contributed by atoms with Crippen LogP contribution in [-0.4, -0.2) is 32.8 Å². The van der Waals surface area contributed by atoms with Crippen molar-refractivity contribution in [2.24, 2.45) is 0 Å². The lowest BCUT2D eigenvalue weighted by Crippen LogP contribution is -2.40. The molecule has 1 atom stereocenters. The summed E-state index contributed by atoms with van der Waals surface area (Å²) in [5.74, 6) is -1.47. The van der Waals surface area contributed by atoms with Gasteiger partial charge < -0.3 is 10.4 Å². The molecule has 1 amide bonds. The molecule has 1 aromatic heterocycles. The number of carboxylic acid groups (broad SMARTS) is 1. The summed E-state index contributed by atoms with van der Waals surface area (Å²) < 4.78 is 1.60. The van der Waals surface area contributed by atoms with Crippen LogP contribution in [0.2, 0.25) is 5.02 Å². The maximum absolute atomic E-state index is 12.2. The average Bonchev–Trinajstić information content (AvgIpc) is 3.02. The van der Waals surface area contributed by atoms with Crippen LogP contribution in [0.25, 0.3) is 0 Å². The first-order chi connectivity index (χ1) is 11.5. The van der Waals surface area contributed by atoms with Gasteiger partial charge in [-0.1, -0.05) is 49.6 Å². The molecular weight excluding hydrogens is 330 g/mol. The van der Waals surface area contributed by atoms with Crippen LogP contribution in [0.3, 0.4) is 0 Å². The molecule has 7 heteroatoms. The van der Waals surface area contributed by atoms with Crippen molar-refractivity contribution in [3.8, 4) is 0 Å². The molecule has 0 aliphatic rings. The summed E-state index contributed by atoms with van der Waals surface area (Å²) in [7, 11) is 0. The van der Waals surface area contributed by atoms with E-state index in [4.69, 9.17) is 11.6 Å². The first-order valence-electron chi connectivity index (χ1n) is 7.80. The van der Waals surface area contributed by atoms with Gasteiger partial charge in [-0.2, -0.15) is 5.10 Å². The molecule has 0 aliphatic carbocycles. The lowest BCUT2D eigenvalue weighted by atomic mass is 10.1. The monoisotopic (exact) mass is 349 g/mol. The van der Waals surface area contributed by atoms with Crippen LogP contribution in [-0.2, 0) is 11.3 Å². The number of halogens is 1. The van der Waals surface area contributed by atoms with Crippen molar-refractivity contribution in [3.63, 3.8) is 0 Å². The van der Waals surface area contributed by atoms with Crippen LogP contribution in [0.5, 0.6) is 0 Å². The van der Waals surface area contributed by atoms with Crippen LogP contribution in [0.1, 0.15) is 42.1 Å². The van der Waals surface area contributed by atoms with E-state index < -0.39 is 17.9 Å². The Bertz CT molecular complexity index is 715. The molecule has 24 heavy (non-hydrogen) atoms. The highest BCUT2D eigenvalue weighted by Crippen LogP contribution is 2.16. The second-order valence-electron chi connectivity index (χ2n) is 5.52. The van der Waals surface area contributed by atoms with Crippen molar-refractivity contribution < 1.29 is 14.7 Å². The minimum atomic E-state index is -1.03. The van der Waals surface area contributed by atoms with Crippen molar-refractivity contribution in [1.82, 2.24) is 15.1 Å². The number of nitrogens with one attached hydrogen (secondary N) is 1. The van der Waals surface area contributed by atoms with Crippen LogP contribution in [0.15, 0.2) is 36.7 Å². The van der Waals surface area contributed by atoms with Gasteiger partial charge in [0.05, 0.1) is 18.3 Å². The lowest BCUT2D eigenvalue weighted by molar-refractivity contribution is -0.139. The fraction of sp³-hybridized carbons (Fsp3) is 0.353. The summed E-state index contributed by atoms with van der Waals surface area (Å²) in [4.78, 5) is 23.4. The fourth-order valence-corrected chi connectivity index (χ4v) is 2.47. The number of benzene rings is 1. The van der Waals surface area contributed by atoms with E-state index in [0.717, 1.165) is 18.4 Å². The molecule has 0 radical (unpaired) electrons. The highest BCUT2D eigenvalue weighted by atomic mass is 35.5. The predicted octanol–water partition coefficient (Wildman–Crippen LogP) is 2.96. The average molecular weight is 350 g/mol. The Morgan fingerprint density at radius 3 is 2.79 bits per heavy atom. The van der Waals surface area contributed by atoms with Gasteiger partial charge in [0, 0.05) is 11.2 Å².